The minimum atomic E-state index is -0.488. The lowest BCUT2D eigenvalue weighted by atomic mass is 9.94. The number of carbonyl (C=O) groups is 3. The molecule has 9 heteroatoms. The number of carbonyl (C=O) groups excluding carboxylic acids is 3. The molecule has 0 spiro atoms. The van der Waals surface area contributed by atoms with E-state index in [1.54, 1.807) is 43.1 Å². The second-order valence-corrected chi connectivity index (χ2v) is 8.53. The van der Waals surface area contributed by atoms with Crippen LogP contribution in [0.5, 0.6) is 5.75 Å². The molecule has 0 radical (unpaired) electrons. The highest BCUT2D eigenvalue weighted by molar-refractivity contribution is 7.99. The molecule has 0 saturated carbocycles. The van der Waals surface area contributed by atoms with Crippen molar-refractivity contribution in [1.29, 1.82) is 0 Å². The maximum absolute atomic E-state index is 12.7. The van der Waals surface area contributed by atoms with Gasteiger partial charge in [0.05, 0.1) is 25.7 Å². The number of thioether (sulfide) groups is 1. The molecule has 0 bridgehead atoms. The van der Waals surface area contributed by atoms with Crippen LogP contribution >= 0.6 is 11.8 Å². The van der Waals surface area contributed by atoms with Crippen LogP contribution in [0.25, 0.3) is 0 Å². The topological polar surface area (TPSA) is 106 Å². The first-order chi connectivity index (χ1) is 15.4. The average Bonchev–Trinajstić information content (AvgIpc) is 2.80. The number of benzene rings is 2. The Morgan fingerprint density at radius 2 is 1.88 bits per heavy atom. The molecule has 1 fully saturated rings. The quantitative estimate of drug-likeness (QED) is 0.524. The summed E-state index contributed by atoms with van der Waals surface area (Å²) >= 11 is 1.57. The normalized spacial score (nSPS) is 20.2. The highest BCUT2D eigenvalue weighted by Crippen LogP contribution is 2.24. The summed E-state index contributed by atoms with van der Waals surface area (Å²) in [5.74, 6) is 0.137. The maximum atomic E-state index is 12.7. The Labute approximate surface area is 191 Å². The van der Waals surface area contributed by atoms with Crippen molar-refractivity contribution in [3.05, 3.63) is 59.7 Å². The number of hydrogen-bond donors (Lipinski definition) is 3. The molecule has 3 atom stereocenters. The Morgan fingerprint density at radius 1 is 1.12 bits per heavy atom. The van der Waals surface area contributed by atoms with Crippen LogP contribution < -0.4 is 20.7 Å². The largest absolute Gasteiger partial charge is 0.497 e. The molecule has 3 N–H and O–H groups in total. The molecule has 1 aliphatic heterocycles. The maximum Gasteiger partial charge on any atom is 0.337 e. The van der Waals surface area contributed by atoms with E-state index >= 15 is 0 Å². The van der Waals surface area contributed by atoms with E-state index in [9.17, 15) is 14.4 Å². The van der Waals surface area contributed by atoms with Gasteiger partial charge in [-0.05, 0) is 48.9 Å². The van der Waals surface area contributed by atoms with Gasteiger partial charge in [-0.15, -0.1) is 11.8 Å². The van der Waals surface area contributed by atoms with Gasteiger partial charge in [-0.3, -0.25) is 14.9 Å². The average molecular weight is 458 g/mol. The van der Waals surface area contributed by atoms with Gasteiger partial charge in [-0.25, -0.2) is 4.79 Å². The summed E-state index contributed by atoms with van der Waals surface area (Å²) in [7, 11) is 2.94. The molecule has 8 nitrogen and oxygen atoms in total. The first-order valence-corrected chi connectivity index (χ1v) is 11.2. The third kappa shape index (κ3) is 6.24. The van der Waals surface area contributed by atoms with Gasteiger partial charge in [-0.2, -0.15) is 0 Å². The smallest absolute Gasteiger partial charge is 0.337 e. The third-order valence-corrected chi connectivity index (χ3v) is 6.26. The van der Waals surface area contributed by atoms with E-state index in [1.807, 2.05) is 31.2 Å². The van der Waals surface area contributed by atoms with Gasteiger partial charge >= 0.3 is 5.97 Å². The molecule has 32 heavy (non-hydrogen) atoms. The third-order valence-electron chi connectivity index (χ3n) is 5.17. The SMILES string of the molecule is COC(=O)c1ccc(NC(=O)CC2C(=O)NC(SCc3cccc(OC)c3)NC2C)cc1. The monoisotopic (exact) mass is 457 g/mol. The van der Waals surface area contributed by atoms with Crippen LogP contribution in [0, 0.1) is 5.92 Å². The van der Waals surface area contributed by atoms with Gasteiger partial charge < -0.3 is 20.1 Å². The van der Waals surface area contributed by atoms with Crippen LogP contribution in [-0.4, -0.2) is 43.5 Å². The second-order valence-electron chi connectivity index (χ2n) is 7.43. The van der Waals surface area contributed by atoms with E-state index in [2.05, 4.69) is 20.7 Å². The minimum absolute atomic E-state index is 0.0476. The Balaban J connectivity index is 1.50. The first-order valence-electron chi connectivity index (χ1n) is 10.2. The molecule has 1 saturated heterocycles. The van der Waals surface area contributed by atoms with Crippen molar-refractivity contribution >= 4 is 35.2 Å². The van der Waals surface area contributed by atoms with E-state index in [4.69, 9.17) is 4.74 Å². The molecule has 0 aromatic heterocycles. The van der Waals surface area contributed by atoms with E-state index < -0.39 is 11.9 Å². The summed E-state index contributed by atoms with van der Waals surface area (Å²) in [5.41, 5.74) is 1.80. The van der Waals surface area contributed by atoms with E-state index in [0.29, 0.717) is 17.0 Å². The van der Waals surface area contributed by atoms with E-state index in [-0.39, 0.29) is 29.8 Å². The highest BCUT2D eigenvalue weighted by Gasteiger charge is 2.35. The predicted octanol–water partition coefficient (Wildman–Crippen LogP) is 2.75. The van der Waals surface area contributed by atoms with E-state index in [0.717, 1.165) is 11.3 Å². The van der Waals surface area contributed by atoms with Gasteiger partial charge in [0.2, 0.25) is 11.8 Å². The number of esters is 1. The van der Waals surface area contributed by atoms with Crippen molar-refractivity contribution in [1.82, 2.24) is 10.6 Å². The Hall–Kier alpha value is -3.04. The van der Waals surface area contributed by atoms with Crippen molar-refractivity contribution in [2.45, 2.75) is 30.6 Å². The summed E-state index contributed by atoms with van der Waals surface area (Å²) in [6, 6.07) is 14.0. The molecule has 3 rings (SSSR count). The highest BCUT2D eigenvalue weighted by atomic mass is 32.2. The molecule has 1 aliphatic rings. The number of hydrogen-bond acceptors (Lipinski definition) is 7. The molecule has 3 unspecified atom stereocenters. The molecule has 0 aliphatic carbocycles. The molecule has 1 heterocycles. The lowest BCUT2D eigenvalue weighted by Gasteiger charge is -2.35. The van der Waals surface area contributed by atoms with E-state index in [1.165, 1.54) is 7.11 Å². The number of methoxy groups -OCH3 is 2. The summed E-state index contributed by atoms with van der Waals surface area (Å²) in [4.78, 5) is 36.6. The zero-order valence-corrected chi connectivity index (χ0v) is 19.0. The molecule has 2 aromatic rings. The van der Waals surface area contributed by atoms with Gasteiger partial charge in [-0.1, -0.05) is 12.1 Å². The minimum Gasteiger partial charge on any atom is -0.497 e. The molecular weight excluding hydrogens is 430 g/mol. The number of amides is 2. The van der Waals surface area contributed by atoms with Gasteiger partial charge in [0.25, 0.3) is 0 Å². The van der Waals surface area contributed by atoms with Crippen LogP contribution in [0.2, 0.25) is 0 Å². The fraction of sp³-hybridized carbons (Fsp3) is 0.348. The fourth-order valence-electron chi connectivity index (χ4n) is 3.38. The van der Waals surface area contributed by atoms with Crippen molar-refractivity contribution in [3.63, 3.8) is 0 Å². The Bertz CT molecular complexity index is 966. The number of rotatable bonds is 8. The fourth-order valence-corrected chi connectivity index (χ4v) is 4.43. The molecule has 2 aromatic carbocycles. The van der Waals surface area contributed by atoms with Crippen LogP contribution in [0.15, 0.2) is 48.5 Å². The number of nitrogens with one attached hydrogen (secondary N) is 3. The first kappa shape index (κ1) is 23.6. The number of ether oxygens (including phenoxy) is 2. The standard InChI is InChI=1S/C23H27N3O5S/c1-14-19(12-20(27)25-17-9-7-16(8-10-17)22(29)31-3)21(28)26-23(24-14)32-13-15-5-4-6-18(11-15)30-2/h4-11,14,19,23-24H,12-13H2,1-3H3,(H,25,27)(H,26,28). The predicted molar refractivity (Wildman–Crippen MR) is 123 cm³/mol. The van der Waals surface area contributed by atoms with Crippen LogP contribution in [0.3, 0.4) is 0 Å². The van der Waals surface area contributed by atoms with Crippen LogP contribution in [0.4, 0.5) is 5.69 Å². The lowest BCUT2D eigenvalue weighted by Crippen LogP contribution is -2.59. The van der Waals surface area contributed by atoms with Gasteiger partial charge in [0, 0.05) is 23.9 Å². The van der Waals surface area contributed by atoms with Gasteiger partial charge in [0.15, 0.2) is 0 Å². The zero-order chi connectivity index (χ0) is 23.1. The second kappa shape index (κ2) is 11.0. The molecule has 170 valence electrons. The lowest BCUT2D eigenvalue weighted by molar-refractivity contribution is -0.131. The van der Waals surface area contributed by atoms with Crippen LogP contribution in [-0.2, 0) is 20.1 Å². The van der Waals surface area contributed by atoms with Gasteiger partial charge in [0.1, 0.15) is 11.2 Å². The van der Waals surface area contributed by atoms with Crippen LogP contribution in [0.1, 0.15) is 29.3 Å². The molecule has 2 amide bonds. The number of anilines is 1. The zero-order valence-electron chi connectivity index (χ0n) is 18.2. The summed E-state index contributed by atoms with van der Waals surface area (Å²) in [5, 5.41) is 9.07. The summed E-state index contributed by atoms with van der Waals surface area (Å²) in [6.45, 7) is 1.90. The molecular formula is C23H27N3O5S. The van der Waals surface area contributed by atoms with Crippen molar-refractivity contribution in [2.24, 2.45) is 5.92 Å². The van der Waals surface area contributed by atoms with Crippen molar-refractivity contribution in [3.8, 4) is 5.75 Å². The summed E-state index contributed by atoms with van der Waals surface area (Å²) < 4.78 is 9.90. The Morgan fingerprint density at radius 3 is 2.53 bits per heavy atom. The summed E-state index contributed by atoms with van der Waals surface area (Å²) in [6.07, 6.45) is 0.0476. The van der Waals surface area contributed by atoms with Crippen molar-refractivity contribution in [2.75, 3.05) is 19.5 Å². The Kier molecular flexibility index (Phi) is 8.13. The van der Waals surface area contributed by atoms with Crippen molar-refractivity contribution < 1.29 is 23.9 Å².